The minimum atomic E-state index is -4.04. The van der Waals surface area contributed by atoms with Crippen LogP contribution in [0.2, 0.25) is 0 Å². The van der Waals surface area contributed by atoms with Crippen LogP contribution >= 0.6 is 0 Å². The first-order chi connectivity index (χ1) is 8.03. The summed E-state index contributed by atoms with van der Waals surface area (Å²) in [5.74, 6) is 0. The van der Waals surface area contributed by atoms with E-state index in [0.717, 1.165) is 18.7 Å². The Morgan fingerprint density at radius 2 is 2.12 bits per heavy atom. The summed E-state index contributed by atoms with van der Waals surface area (Å²) in [6.07, 6.45) is -1.57. The highest BCUT2D eigenvalue weighted by molar-refractivity contribution is 5.06. The van der Waals surface area contributed by atoms with Crippen molar-refractivity contribution < 1.29 is 13.2 Å². The molecule has 98 valence electrons. The molecular formula is C12H19F3N2. The minimum absolute atomic E-state index is 0.137. The molecule has 0 aliphatic carbocycles. The van der Waals surface area contributed by atoms with Gasteiger partial charge < -0.3 is 9.88 Å². The van der Waals surface area contributed by atoms with Crippen molar-refractivity contribution in [1.29, 1.82) is 0 Å². The number of hydrogen-bond donors (Lipinski definition) is 1. The Morgan fingerprint density at radius 3 is 2.76 bits per heavy atom. The first-order valence-corrected chi connectivity index (χ1v) is 5.94. The van der Waals surface area contributed by atoms with Crippen LogP contribution in [-0.2, 0) is 13.1 Å². The van der Waals surface area contributed by atoms with Gasteiger partial charge in [0.15, 0.2) is 0 Å². The summed E-state index contributed by atoms with van der Waals surface area (Å²) in [5, 5.41) is 3.04. The molecule has 0 fully saturated rings. The first-order valence-electron chi connectivity index (χ1n) is 5.94. The quantitative estimate of drug-likeness (QED) is 0.732. The second kappa shape index (κ2) is 6.69. The molecule has 0 amide bonds. The van der Waals surface area contributed by atoms with E-state index in [4.69, 9.17) is 0 Å². The Bertz CT molecular complexity index is 318. The van der Waals surface area contributed by atoms with Crippen LogP contribution in [0.15, 0.2) is 18.3 Å². The maximum absolute atomic E-state index is 11.9. The van der Waals surface area contributed by atoms with Gasteiger partial charge in [0, 0.05) is 31.4 Å². The first kappa shape index (κ1) is 14.1. The number of nitrogens with zero attached hydrogens (tertiary/aromatic N) is 1. The number of halogens is 3. The summed E-state index contributed by atoms with van der Waals surface area (Å²) < 4.78 is 37.8. The molecule has 0 saturated heterocycles. The van der Waals surface area contributed by atoms with E-state index < -0.39 is 12.6 Å². The molecule has 0 spiro atoms. The van der Waals surface area contributed by atoms with E-state index in [1.54, 1.807) is 0 Å². The molecule has 0 radical (unpaired) electrons. The van der Waals surface area contributed by atoms with E-state index in [0.29, 0.717) is 13.1 Å². The van der Waals surface area contributed by atoms with Crippen molar-refractivity contribution in [2.45, 2.75) is 45.5 Å². The molecule has 1 heterocycles. The van der Waals surface area contributed by atoms with Crippen LogP contribution in [0.25, 0.3) is 0 Å². The van der Waals surface area contributed by atoms with E-state index in [9.17, 15) is 13.2 Å². The predicted octanol–water partition coefficient (Wildman–Crippen LogP) is 3.33. The lowest BCUT2D eigenvalue weighted by Crippen LogP contribution is -2.19. The van der Waals surface area contributed by atoms with Crippen LogP contribution in [-0.4, -0.2) is 17.3 Å². The smallest absolute Gasteiger partial charge is 0.350 e. The van der Waals surface area contributed by atoms with E-state index in [1.165, 1.54) is 0 Å². The van der Waals surface area contributed by atoms with Crippen LogP contribution in [0.4, 0.5) is 13.2 Å². The van der Waals surface area contributed by atoms with Crippen molar-refractivity contribution in [3.63, 3.8) is 0 Å². The molecule has 0 bridgehead atoms. The molecule has 2 nitrogen and oxygen atoms in total. The van der Waals surface area contributed by atoms with Crippen molar-refractivity contribution in [1.82, 2.24) is 9.88 Å². The monoisotopic (exact) mass is 248 g/mol. The molecule has 1 N–H and O–H groups in total. The molecule has 17 heavy (non-hydrogen) atoms. The SMILES string of the molecule is CCCn1cccc1CNCCCC(F)(F)F. The van der Waals surface area contributed by atoms with E-state index in [1.807, 2.05) is 18.3 Å². The Kier molecular flexibility index (Phi) is 5.55. The summed E-state index contributed by atoms with van der Waals surface area (Å²) >= 11 is 0. The molecule has 0 unspecified atom stereocenters. The van der Waals surface area contributed by atoms with Gasteiger partial charge in [-0.25, -0.2) is 0 Å². The maximum atomic E-state index is 11.9. The van der Waals surface area contributed by atoms with Crippen molar-refractivity contribution in [3.05, 3.63) is 24.0 Å². The van der Waals surface area contributed by atoms with Crippen molar-refractivity contribution in [2.24, 2.45) is 0 Å². The van der Waals surface area contributed by atoms with Gasteiger partial charge in [-0.15, -0.1) is 0 Å². The van der Waals surface area contributed by atoms with E-state index in [-0.39, 0.29) is 6.42 Å². The van der Waals surface area contributed by atoms with Gasteiger partial charge in [0.1, 0.15) is 0 Å². The lowest BCUT2D eigenvalue weighted by atomic mass is 10.3. The fraction of sp³-hybridized carbons (Fsp3) is 0.667. The Morgan fingerprint density at radius 1 is 1.35 bits per heavy atom. The highest BCUT2D eigenvalue weighted by Crippen LogP contribution is 2.20. The summed E-state index contributed by atoms with van der Waals surface area (Å²) in [5.41, 5.74) is 1.12. The van der Waals surface area contributed by atoms with Crippen LogP contribution in [0, 0.1) is 0 Å². The lowest BCUT2D eigenvalue weighted by molar-refractivity contribution is -0.135. The fourth-order valence-corrected chi connectivity index (χ4v) is 1.70. The Balaban J connectivity index is 2.20. The molecule has 1 aromatic heterocycles. The van der Waals surface area contributed by atoms with Crippen LogP contribution in [0.3, 0.4) is 0 Å². The topological polar surface area (TPSA) is 17.0 Å². The van der Waals surface area contributed by atoms with Gasteiger partial charge in [0.25, 0.3) is 0 Å². The molecule has 0 saturated carbocycles. The number of hydrogen-bond acceptors (Lipinski definition) is 1. The van der Waals surface area contributed by atoms with Gasteiger partial charge in [0.05, 0.1) is 0 Å². The Hall–Kier alpha value is -0.970. The largest absolute Gasteiger partial charge is 0.389 e. The minimum Gasteiger partial charge on any atom is -0.350 e. The van der Waals surface area contributed by atoms with Crippen molar-refractivity contribution in [2.75, 3.05) is 6.54 Å². The number of nitrogens with one attached hydrogen (secondary N) is 1. The number of rotatable bonds is 7. The van der Waals surface area contributed by atoms with E-state index >= 15 is 0 Å². The standard InChI is InChI=1S/C12H19F3N2/c1-2-8-17-9-3-5-11(17)10-16-7-4-6-12(13,14)15/h3,5,9,16H,2,4,6-8,10H2,1H3. The van der Waals surface area contributed by atoms with Crippen molar-refractivity contribution in [3.8, 4) is 0 Å². The van der Waals surface area contributed by atoms with Gasteiger partial charge in [-0.3, -0.25) is 0 Å². The van der Waals surface area contributed by atoms with Crippen LogP contribution in [0.1, 0.15) is 31.9 Å². The highest BCUT2D eigenvalue weighted by atomic mass is 19.4. The number of aromatic nitrogens is 1. The number of alkyl halides is 3. The molecule has 5 heteroatoms. The van der Waals surface area contributed by atoms with Crippen molar-refractivity contribution >= 4 is 0 Å². The number of aryl methyl sites for hydroxylation is 1. The molecule has 0 aromatic carbocycles. The zero-order valence-corrected chi connectivity index (χ0v) is 10.1. The van der Waals surface area contributed by atoms with Gasteiger partial charge in [-0.2, -0.15) is 13.2 Å². The third kappa shape index (κ3) is 5.77. The van der Waals surface area contributed by atoms with Crippen LogP contribution in [0.5, 0.6) is 0 Å². The molecule has 1 aromatic rings. The van der Waals surface area contributed by atoms with Gasteiger partial charge >= 0.3 is 6.18 Å². The fourth-order valence-electron chi connectivity index (χ4n) is 1.70. The van der Waals surface area contributed by atoms with Gasteiger partial charge in [0.2, 0.25) is 0 Å². The molecule has 0 aliphatic heterocycles. The molecular weight excluding hydrogens is 229 g/mol. The predicted molar refractivity (Wildman–Crippen MR) is 61.7 cm³/mol. The third-order valence-corrected chi connectivity index (χ3v) is 2.51. The lowest BCUT2D eigenvalue weighted by Gasteiger charge is -2.10. The van der Waals surface area contributed by atoms with Gasteiger partial charge in [-0.1, -0.05) is 6.92 Å². The zero-order chi connectivity index (χ0) is 12.7. The molecule has 0 atom stereocenters. The Labute approximate surface area is 99.8 Å². The summed E-state index contributed by atoms with van der Waals surface area (Å²) in [7, 11) is 0. The second-order valence-corrected chi connectivity index (χ2v) is 4.09. The summed E-state index contributed by atoms with van der Waals surface area (Å²) in [6, 6.07) is 3.95. The summed E-state index contributed by atoms with van der Waals surface area (Å²) in [4.78, 5) is 0. The average molecular weight is 248 g/mol. The third-order valence-electron chi connectivity index (χ3n) is 2.51. The molecule has 1 rings (SSSR count). The molecule has 0 aliphatic rings. The highest BCUT2D eigenvalue weighted by Gasteiger charge is 2.25. The van der Waals surface area contributed by atoms with Crippen LogP contribution < -0.4 is 5.32 Å². The van der Waals surface area contributed by atoms with E-state index in [2.05, 4.69) is 16.8 Å². The average Bonchev–Trinajstić information content (AvgIpc) is 2.64. The van der Waals surface area contributed by atoms with Gasteiger partial charge in [-0.05, 0) is 31.5 Å². The second-order valence-electron chi connectivity index (χ2n) is 4.09. The maximum Gasteiger partial charge on any atom is 0.389 e. The normalized spacial score (nSPS) is 12.0. The zero-order valence-electron chi connectivity index (χ0n) is 10.1. The summed E-state index contributed by atoms with van der Waals surface area (Å²) in [6.45, 7) is 4.08.